The molecule has 0 radical (unpaired) electrons. The molecular weight excluding hydrogens is 132 g/mol. The zero-order chi connectivity index (χ0) is 7.98. The highest BCUT2D eigenvalue weighted by atomic mass is 16.4. The lowest BCUT2D eigenvalue weighted by Crippen LogP contribution is -1.93. The zero-order valence-corrected chi connectivity index (χ0v) is 5.83. The van der Waals surface area contributed by atoms with Crippen molar-refractivity contribution in [1.82, 2.24) is 0 Å². The molecule has 0 saturated carbocycles. The smallest absolute Gasteiger partial charge is 0.328 e. The van der Waals surface area contributed by atoms with Crippen LogP contribution in [0.4, 0.5) is 0 Å². The van der Waals surface area contributed by atoms with E-state index in [2.05, 4.69) is 0 Å². The number of hydrogen-bond acceptors (Lipinski definition) is 2. The van der Waals surface area contributed by atoms with E-state index in [-0.39, 0.29) is 5.78 Å². The van der Waals surface area contributed by atoms with E-state index in [0.717, 1.165) is 18.6 Å². The lowest BCUT2D eigenvalue weighted by Gasteiger charge is -1.85. The Morgan fingerprint density at radius 1 is 1.40 bits per heavy atom. The first kappa shape index (κ1) is 8.88. The molecule has 0 aromatic carbocycles. The molecule has 0 aliphatic heterocycles. The lowest BCUT2D eigenvalue weighted by molar-refractivity contribution is -0.131. The van der Waals surface area contributed by atoms with Gasteiger partial charge in [0.2, 0.25) is 0 Å². The highest BCUT2D eigenvalue weighted by Gasteiger charge is 1.93. The first-order chi connectivity index (χ1) is 4.66. The summed E-state index contributed by atoms with van der Waals surface area (Å²) < 4.78 is 0. The average Bonchev–Trinajstić information content (AvgIpc) is 1.85. The topological polar surface area (TPSA) is 54.4 Å². The Hall–Kier alpha value is -1.12. The molecule has 1 N–H and O–H groups in total. The van der Waals surface area contributed by atoms with Gasteiger partial charge < -0.3 is 5.11 Å². The molecule has 10 heavy (non-hydrogen) atoms. The van der Waals surface area contributed by atoms with Crippen LogP contribution >= 0.6 is 0 Å². The van der Waals surface area contributed by atoms with Crippen LogP contribution in [0.5, 0.6) is 0 Å². The summed E-state index contributed by atoms with van der Waals surface area (Å²) in [4.78, 5) is 20.5. The van der Waals surface area contributed by atoms with Crippen molar-refractivity contribution < 1.29 is 14.7 Å². The highest BCUT2D eigenvalue weighted by molar-refractivity contribution is 5.95. The fraction of sp³-hybridized carbons (Fsp3) is 0.429. The van der Waals surface area contributed by atoms with Gasteiger partial charge in [0, 0.05) is 12.5 Å². The molecule has 0 aromatic heterocycles. The maximum absolute atomic E-state index is 10.6. The average molecular weight is 142 g/mol. The van der Waals surface area contributed by atoms with E-state index in [4.69, 9.17) is 5.11 Å². The molecule has 0 aliphatic carbocycles. The summed E-state index contributed by atoms with van der Waals surface area (Å²) in [5, 5.41) is 8.09. The predicted octanol–water partition coefficient (Wildman–Crippen LogP) is 0.996. The van der Waals surface area contributed by atoms with E-state index >= 15 is 0 Å². The van der Waals surface area contributed by atoms with E-state index < -0.39 is 5.97 Å². The molecule has 0 aliphatic rings. The van der Waals surface area contributed by atoms with Gasteiger partial charge in [-0.15, -0.1) is 0 Å². The van der Waals surface area contributed by atoms with Crippen molar-refractivity contribution in [3.8, 4) is 0 Å². The van der Waals surface area contributed by atoms with Crippen LogP contribution in [-0.4, -0.2) is 16.9 Å². The Morgan fingerprint density at radius 2 is 2.00 bits per heavy atom. The van der Waals surface area contributed by atoms with Crippen molar-refractivity contribution in [3.05, 3.63) is 12.2 Å². The molecule has 0 rings (SSSR count). The van der Waals surface area contributed by atoms with Crippen molar-refractivity contribution in [3.63, 3.8) is 0 Å². The molecular formula is C7H10O3. The SMILES string of the molecule is CCCC(=O)/C=C\C(=O)O. The fourth-order valence-corrected chi connectivity index (χ4v) is 0.494. The molecule has 3 nitrogen and oxygen atoms in total. The van der Waals surface area contributed by atoms with Crippen molar-refractivity contribution in [2.45, 2.75) is 19.8 Å². The van der Waals surface area contributed by atoms with E-state index in [9.17, 15) is 9.59 Å². The van der Waals surface area contributed by atoms with E-state index in [0.29, 0.717) is 6.42 Å². The van der Waals surface area contributed by atoms with Crippen LogP contribution in [-0.2, 0) is 9.59 Å². The Morgan fingerprint density at radius 3 is 2.40 bits per heavy atom. The van der Waals surface area contributed by atoms with Crippen LogP contribution in [0.15, 0.2) is 12.2 Å². The van der Waals surface area contributed by atoms with Gasteiger partial charge in [-0.2, -0.15) is 0 Å². The summed E-state index contributed by atoms with van der Waals surface area (Å²) in [7, 11) is 0. The third kappa shape index (κ3) is 5.03. The third-order valence-corrected chi connectivity index (χ3v) is 0.908. The Balaban J connectivity index is 3.67. The first-order valence-electron chi connectivity index (χ1n) is 3.10. The second-order valence-corrected chi connectivity index (χ2v) is 1.89. The molecule has 0 atom stereocenters. The van der Waals surface area contributed by atoms with E-state index in [1.54, 1.807) is 0 Å². The van der Waals surface area contributed by atoms with Crippen LogP contribution in [0.3, 0.4) is 0 Å². The van der Waals surface area contributed by atoms with Crippen molar-refractivity contribution in [2.75, 3.05) is 0 Å². The summed E-state index contributed by atoms with van der Waals surface area (Å²) in [6.07, 6.45) is 3.12. The minimum Gasteiger partial charge on any atom is -0.478 e. The highest BCUT2D eigenvalue weighted by Crippen LogP contribution is 1.89. The number of carbonyl (C=O) groups is 2. The van der Waals surface area contributed by atoms with Gasteiger partial charge in [-0.1, -0.05) is 6.92 Å². The van der Waals surface area contributed by atoms with Gasteiger partial charge in [0.05, 0.1) is 0 Å². The van der Waals surface area contributed by atoms with Crippen LogP contribution in [0.2, 0.25) is 0 Å². The normalized spacial score (nSPS) is 10.1. The molecule has 0 bridgehead atoms. The van der Waals surface area contributed by atoms with Crippen molar-refractivity contribution in [2.24, 2.45) is 0 Å². The van der Waals surface area contributed by atoms with E-state index in [1.807, 2.05) is 6.92 Å². The number of carboxylic acids is 1. The number of aliphatic carboxylic acids is 1. The monoisotopic (exact) mass is 142 g/mol. The van der Waals surface area contributed by atoms with Gasteiger partial charge >= 0.3 is 5.97 Å². The first-order valence-corrected chi connectivity index (χ1v) is 3.10. The van der Waals surface area contributed by atoms with Crippen molar-refractivity contribution >= 4 is 11.8 Å². The van der Waals surface area contributed by atoms with Gasteiger partial charge in [0.15, 0.2) is 5.78 Å². The van der Waals surface area contributed by atoms with Crippen LogP contribution in [0, 0.1) is 0 Å². The summed E-state index contributed by atoms with van der Waals surface area (Å²) in [5.74, 6) is -1.21. The predicted molar refractivity (Wildman–Crippen MR) is 36.7 cm³/mol. The summed E-state index contributed by atoms with van der Waals surface area (Å²) in [5.41, 5.74) is 0. The summed E-state index contributed by atoms with van der Waals surface area (Å²) in [6.45, 7) is 1.87. The largest absolute Gasteiger partial charge is 0.478 e. The number of allylic oxidation sites excluding steroid dienone is 1. The number of carboxylic acid groups (broad SMARTS) is 1. The molecule has 0 unspecified atom stereocenters. The minimum absolute atomic E-state index is 0.134. The van der Waals surface area contributed by atoms with Gasteiger partial charge in [0.1, 0.15) is 0 Å². The Bertz CT molecular complexity index is 158. The van der Waals surface area contributed by atoms with Gasteiger partial charge in [0.25, 0.3) is 0 Å². The quantitative estimate of drug-likeness (QED) is 0.595. The van der Waals surface area contributed by atoms with Crippen LogP contribution in [0.25, 0.3) is 0 Å². The molecule has 0 fully saturated rings. The standard InChI is InChI=1S/C7H10O3/c1-2-3-6(8)4-5-7(9)10/h4-5H,2-3H2,1H3,(H,9,10)/b5-4-. The fourth-order valence-electron chi connectivity index (χ4n) is 0.494. The molecule has 0 spiro atoms. The zero-order valence-electron chi connectivity index (χ0n) is 5.83. The van der Waals surface area contributed by atoms with Crippen LogP contribution < -0.4 is 0 Å². The molecule has 0 amide bonds. The van der Waals surface area contributed by atoms with Crippen LogP contribution in [0.1, 0.15) is 19.8 Å². The van der Waals surface area contributed by atoms with Gasteiger partial charge in [-0.3, -0.25) is 4.79 Å². The van der Waals surface area contributed by atoms with E-state index in [1.165, 1.54) is 0 Å². The molecule has 56 valence electrons. The minimum atomic E-state index is -1.08. The maximum Gasteiger partial charge on any atom is 0.328 e. The number of hydrogen-bond donors (Lipinski definition) is 1. The van der Waals surface area contributed by atoms with Gasteiger partial charge in [-0.25, -0.2) is 4.79 Å². The van der Waals surface area contributed by atoms with Gasteiger partial charge in [-0.05, 0) is 12.5 Å². The second kappa shape index (κ2) is 4.73. The number of ketones is 1. The van der Waals surface area contributed by atoms with Crippen molar-refractivity contribution in [1.29, 1.82) is 0 Å². The molecule has 0 saturated heterocycles. The summed E-state index contributed by atoms with van der Waals surface area (Å²) >= 11 is 0. The lowest BCUT2D eigenvalue weighted by atomic mass is 10.2. The third-order valence-electron chi connectivity index (χ3n) is 0.908. The maximum atomic E-state index is 10.6. The summed E-state index contributed by atoms with van der Waals surface area (Å²) in [6, 6.07) is 0. The number of rotatable bonds is 4. The second-order valence-electron chi connectivity index (χ2n) is 1.89. The Labute approximate surface area is 59.4 Å². The molecule has 0 heterocycles. The Kier molecular flexibility index (Phi) is 4.20. The molecule has 0 aromatic rings. The number of carbonyl (C=O) groups excluding carboxylic acids is 1. The molecule has 3 heteroatoms.